The van der Waals surface area contributed by atoms with Gasteiger partial charge in [-0.3, -0.25) is 4.90 Å². The largest absolute Gasteiger partial charge is 0.497 e. The second-order valence-electron chi connectivity index (χ2n) is 9.75. The fourth-order valence-electron chi connectivity index (χ4n) is 5.33. The molecule has 0 aromatic heterocycles. The van der Waals surface area contributed by atoms with Crippen LogP contribution in [0.15, 0.2) is 72.3 Å². The minimum Gasteiger partial charge on any atom is -0.497 e. The zero-order valence-corrected chi connectivity index (χ0v) is 21.9. The lowest BCUT2D eigenvalue weighted by Crippen LogP contribution is -2.33. The van der Waals surface area contributed by atoms with E-state index in [9.17, 15) is 0 Å². The fraction of sp³-hybridized carbons (Fsp3) is 0.375. The van der Waals surface area contributed by atoms with Gasteiger partial charge in [-0.15, -0.1) is 0 Å². The Hall–Kier alpha value is -3.44. The molecule has 0 amide bonds. The zero-order valence-electron chi connectivity index (χ0n) is 21.9. The van der Waals surface area contributed by atoms with Crippen molar-refractivity contribution in [3.05, 3.63) is 89.0 Å². The van der Waals surface area contributed by atoms with Crippen molar-refractivity contribution >= 4 is 6.08 Å². The first-order valence-electron chi connectivity index (χ1n) is 13.3. The highest BCUT2D eigenvalue weighted by molar-refractivity contribution is 5.61. The first-order chi connectivity index (χ1) is 18.2. The van der Waals surface area contributed by atoms with Gasteiger partial charge in [0.05, 0.1) is 20.8 Å². The smallest absolute Gasteiger partial charge is 0.123 e. The summed E-state index contributed by atoms with van der Waals surface area (Å²) in [4.78, 5) is 2.50. The first kappa shape index (κ1) is 25.2. The molecule has 0 radical (unpaired) electrons. The summed E-state index contributed by atoms with van der Waals surface area (Å²) in [6, 6.07) is 22.9. The molecule has 1 atom stereocenters. The molecule has 5 heteroatoms. The second kappa shape index (κ2) is 12.2. The van der Waals surface area contributed by atoms with Crippen molar-refractivity contribution in [1.82, 2.24) is 4.90 Å². The highest BCUT2D eigenvalue weighted by Gasteiger charge is 2.26. The molecular formula is C32H37NO4. The standard InChI is InChI=1S/C32H37NO4/c1-34-27-10-6-24(7-11-27)22-26-16-20-37-31-15-14-29(35-2)23-30(31)32(26)25-8-12-28(13-9-25)36-21-19-33-17-4-3-5-18-33/h6-15,22-23,32H,3-5,16-21H2,1-2H3/b26-22+. The van der Waals surface area contributed by atoms with E-state index in [1.54, 1.807) is 14.2 Å². The number of piperidine rings is 1. The zero-order chi connectivity index (χ0) is 25.5. The van der Waals surface area contributed by atoms with Crippen molar-refractivity contribution in [2.45, 2.75) is 31.6 Å². The third-order valence-corrected chi connectivity index (χ3v) is 7.35. The minimum atomic E-state index is 0.0529. The SMILES string of the molecule is COc1ccc(/C=C2\CCOc3ccc(OC)cc3C2c2ccc(OCCN3CCCCC3)cc2)cc1. The Morgan fingerprint density at radius 2 is 1.54 bits per heavy atom. The number of ether oxygens (including phenoxy) is 4. The molecule has 5 nitrogen and oxygen atoms in total. The number of likely N-dealkylation sites (tertiary alicyclic amines) is 1. The fourth-order valence-corrected chi connectivity index (χ4v) is 5.33. The summed E-state index contributed by atoms with van der Waals surface area (Å²) in [6.07, 6.45) is 7.08. The summed E-state index contributed by atoms with van der Waals surface area (Å²) >= 11 is 0. The Bertz CT molecular complexity index is 1180. The predicted molar refractivity (Wildman–Crippen MR) is 148 cm³/mol. The van der Waals surface area contributed by atoms with Crippen molar-refractivity contribution in [2.75, 3.05) is 47.1 Å². The highest BCUT2D eigenvalue weighted by atomic mass is 16.5. The third-order valence-electron chi connectivity index (χ3n) is 7.35. The third kappa shape index (κ3) is 6.28. The maximum atomic E-state index is 6.19. The van der Waals surface area contributed by atoms with E-state index in [0.29, 0.717) is 6.61 Å². The van der Waals surface area contributed by atoms with Gasteiger partial charge in [0.25, 0.3) is 0 Å². The van der Waals surface area contributed by atoms with E-state index in [1.807, 2.05) is 24.3 Å². The van der Waals surface area contributed by atoms with Gasteiger partial charge in [-0.1, -0.05) is 42.3 Å². The summed E-state index contributed by atoms with van der Waals surface area (Å²) in [5.41, 5.74) is 4.78. The molecule has 2 aliphatic heterocycles. The Labute approximate surface area is 220 Å². The summed E-state index contributed by atoms with van der Waals surface area (Å²) in [5.74, 6) is 3.56. The number of hydrogen-bond donors (Lipinski definition) is 0. The van der Waals surface area contributed by atoms with Crippen LogP contribution in [0.3, 0.4) is 0 Å². The van der Waals surface area contributed by atoms with Gasteiger partial charge >= 0.3 is 0 Å². The van der Waals surface area contributed by atoms with E-state index >= 15 is 0 Å². The molecule has 2 aliphatic rings. The highest BCUT2D eigenvalue weighted by Crippen LogP contribution is 2.43. The topological polar surface area (TPSA) is 40.2 Å². The molecule has 1 saturated heterocycles. The molecule has 5 rings (SSSR count). The molecule has 0 bridgehead atoms. The summed E-state index contributed by atoms with van der Waals surface area (Å²) in [5, 5.41) is 0. The number of hydrogen-bond acceptors (Lipinski definition) is 5. The van der Waals surface area contributed by atoms with E-state index in [2.05, 4.69) is 53.4 Å². The molecule has 1 unspecified atom stereocenters. The van der Waals surface area contributed by atoms with Crippen LogP contribution in [0.1, 0.15) is 48.3 Å². The Kier molecular flexibility index (Phi) is 8.32. The molecular weight excluding hydrogens is 462 g/mol. The van der Waals surface area contributed by atoms with Gasteiger partial charge < -0.3 is 18.9 Å². The molecule has 0 spiro atoms. The van der Waals surface area contributed by atoms with Crippen LogP contribution in [-0.4, -0.2) is 52.0 Å². The van der Waals surface area contributed by atoms with Crippen molar-refractivity contribution in [3.8, 4) is 23.0 Å². The summed E-state index contributed by atoms with van der Waals surface area (Å²) in [7, 11) is 3.40. The number of nitrogens with zero attached hydrogens (tertiary/aromatic N) is 1. The molecule has 194 valence electrons. The molecule has 37 heavy (non-hydrogen) atoms. The van der Waals surface area contributed by atoms with E-state index in [1.165, 1.54) is 43.5 Å². The Balaban J connectivity index is 1.42. The van der Waals surface area contributed by atoms with Crippen LogP contribution in [0.25, 0.3) is 6.08 Å². The van der Waals surface area contributed by atoms with Gasteiger partial charge in [0.2, 0.25) is 0 Å². The average Bonchev–Trinajstić information content (AvgIpc) is 3.13. The van der Waals surface area contributed by atoms with Crippen LogP contribution < -0.4 is 18.9 Å². The van der Waals surface area contributed by atoms with Crippen molar-refractivity contribution < 1.29 is 18.9 Å². The molecule has 0 N–H and O–H groups in total. The minimum absolute atomic E-state index is 0.0529. The summed E-state index contributed by atoms with van der Waals surface area (Å²) < 4.78 is 23.2. The predicted octanol–water partition coefficient (Wildman–Crippen LogP) is 6.57. The van der Waals surface area contributed by atoms with Crippen LogP contribution in [-0.2, 0) is 0 Å². The van der Waals surface area contributed by atoms with E-state index < -0.39 is 0 Å². The van der Waals surface area contributed by atoms with Crippen LogP contribution >= 0.6 is 0 Å². The number of rotatable bonds is 8. The lowest BCUT2D eigenvalue weighted by Gasteiger charge is -2.26. The molecule has 2 heterocycles. The van der Waals surface area contributed by atoms with E-state index in [-0.39, 0.29) is 5.92 Å². The normalized spacial score (nSPS) is 19.0. The monoisotopic (exact) mass is 499 g/mol. The lowest BCUT2D eigenvalue weighted by atomic mass is 9.82. The van der Waals surface area contributed by atoms with Gasteiger partial charge in [0.15, 0.2) is 0 Å². The molecule has 3 aromatic carbocycles. The Morgan fingerprint density at radius 3 is 2.27 bits per heavy atom. The lowest BCUT2D eigenvalue weighted by molar-refractivity contribution is 0.183. The van der Waals surface area contributed by atoms with Crippen LogP contribution in [0, 0.1) is 0 Å². The van der Waals surface area contributed by atoms with Gasteiger partial charge in [0.1, 0.15) is 29.6 Å². The number of benzene rings is 3. The molecule has 1 fully saturated rings. The van der Waals surface area contributed by atoms with Gasteiger partial charge in [-0.05, 0) is 79.5 Å². The van der Waals surface area contributed by atoms with E-state index in [4.69, 9.17) is 18.9 Å². The number of fused-ring (bicyclic) bond motifs is 1. The molecule has 0 saturated carbocycles. The number of methoxy groups -OCH3 is 2. The van der Waals surface area contributed by atoms with Crippen molar-refractivity contribution in [3.63, 3.8) is 0 Å². The van der Waals surface area contributed by atoms with Crippen molar-refractivity contribution in [2.24, 2.45) is 0 Å². The average molecular weight is 500 g/mol. The molecule has 3 aromatic rings. The van der Waals surface area contributed by atoms with Crippen molar-refractivity contribution in [1.29, 1.82) is 0 Å². The Morgan fingerprint density at radius 1 is 0.838 bits per heavy atom. The van der Waals surface area contributed by atoms with E-state index in [0.717, 1.165) is 53.7 Å². The maximum absolute atomic E-state index is 6.19. The van der Waals surface area contributed by atoms with Crippen LogP contribution in [0.5, 0.6) is 23.0 Å². The van der Waals surface area contributed by atoms with Crippen LogP contribution in [0.2, 0.25) is 0 Å². The first-order valence-corrected chi connectivity index (χ1v) is 13.3. The van der Waals surface area contributed by atoms with Gasteiger partial charge in [0, 0.05) is 24.4 Å². The maximum Gasteiger partial charge on any atom is 0.123 e. The molecule has 0 aliphatic carbocycles. The quantitative estimate of drug-likeness (QED) is 0.351. The van der Waals surface area contributed by atoms with Gasteiger partial charge in [-0.25, -0.2) is 0 Å². The van der Waals surface area contributed by atoms with Crippen LogP contribution in [0.4, 0.5) is 0 Å². The van der Waals surface area contributed by atoms with Gasteiger partial charge in [-0.2, -0.15) is 0 Å². The summed E-state index contributed by atoms with van der Waals surface area (Å²) in [6.45, 7) is 4.73. The second-order valence-corrected chi connectivity index (χ2v) is 9.75.